The van der Waals surface area contributed by atoms with Crippen molar-refractivity contribution in [1.82, 2.24) is 5.32 Å². The molecule has 3 rings (SSSR count). The Kier molecular flexibility index (Phi) is 4.51. The van der Waals surface area contributed by atoms with Gasteiger partial charge in [0, 0.05) is 25.3 Å². The third-order valence-corrected chi connectivity index (χ3v) is 4.28. The minimum atomic E-state index is -0.251. The molecular weight excluding hydrogens is 288 g/mol. The molecule has 0 aliphatic carbocycles. The molecule has 1 aliphatic rings. The van der Waals surface area contributed by atoms with Crippen LogP contribution in [0.3, 0.4) is 0 Å². The zero-order valence-corrected chi connectivity index (χ0v) is 13.4. The second kappa shape index (κ2) is 6.73. The number of carbonyl (C=O) groups excluding carboxylic acids is 1. The van der Waals surface area contributed by atoms with Crippen LogP contribution in [0.5, 0.6) is 5.75 Å². The average Bonchev–Trinajstić information content (AvgIpc) is 3.07. The minimum Gasteiger partial charge on any atom is -0.507 e. The summed E-state index contributed by atoms with van der Waals surface area (Å²) in [6, 6.07) is 13.3. The van der Waals surface area contributed by atoms with Gasteiger partial charge in [-0.1, -0.05) is 24.3 Å². The Hall–Kier alpha value is -2.49. The number of amides is 1. The molecule has 0 atom stereocenters. The lowest BCUT2D eigenvalue weighted by molar-refractivity contribution is 0.0948. The SMILES string of the molecule is Cc1ccc(C(=O)NCc2ccccc2N2CCCC2)c(O)c1. The first-order valence-electron chi connectivity index (χ1n) is 8.06. The Labute approximate surface area is 136 Å². The Morgan fingerprint density at radius 3 is 2.65 bits per heavy atom. The van der Waals surface area contributed by atoms with Gasteiger partial charge in [0.25, 0.3) is 5.91 Å². The smallest absolute Gasteiger partial charge is 0.255 e. The van der Waals surface area contributed by atoms with E-state index in [-0.39, 0.29) is 11.7 Å². The number of carbonyl (C=O) groups is 1. The van der Waals surface area contributed by atoms with Crippen LogP contribution in [0.25, 0.3) is 0 Å². The van der Waals surface area contributed by atoms with Crippen molar-refractivity contribution in [2.45, 2.75) is 26.3 Å². The first-order chi connectivity index (χ1) is 11.1. The quantitative estimate of drug-likeness (QED) is 0.911. The maximum absolute atomic E-state index is 12.3. The lowest BCUT2D eigenvalue weighted by Gasteiger charge is -2.21. The van der Waals surface area contributed by atoms with Crippen molar-refractivity contribution >= 4 is 11.6 Å². The molecule has 1 amide bonds. The van der Waals surface area contributed by atoms with E-state index in [1.54, 1.807) is 12.1 Å². The van der Waals surface area contributed by atoms with Crippen LogP contribution < -0.4 is 10.2 Å². The van der Waals surface area contributed by atoms with Crippen LogP contribution in [0.1, 0.15) is 34.3 Å². The molecule has 0 unspecified atom stereocenters. The molecule has 2 aromatic rings. The average molecular weight is 310 g/mol. The fourth-order valence-electron chi connectivity index (χ4n) is 3.03. The van der Waals surface area contributed by atoms with E-state index in [9.17, 15) is 9.90 Å². The number of rotatable bonds is 4. The van der Waals surface area contributed by atoms with Gasteiger partial charge in [-0.25, -0.2) is 0 Å². The molecule has 2 N–H and O–H groups in total. The molecule has 0 radical (unpaired) electrons. The second-order valence-electron chi connectivity index (χ2n) is 6.03. The highest BCUT2D eigenvalue weighted by Gasteiger charge is 2.16. The summed E-state index contributed by atoms with van der Waals surface area (Å²) in [5, 5.41) is 12.8. The van der Waals surface area contributed by atoms with Gasteiger partial charge in [-0.3, -0.25) is 4.79 Å². The van der Waals surface area contributed by atoms with Gasteiger partial charge in [-0.2, -0.15) is 0 Å². The standard InChI is InChI=1S/C19H22N2O2/c1-14-8-9-16(18(22)12-14)19(23)20-13-15-6-2-3-7-17(15)21-10-4-5-11-21/h2-3,6-9,12,22H,4-5,10-11,13H2,1H3,(H,20,23). The maximum atomic E-state index is 12.3. The fourth-order valence-corrected chi connectivity index (χ4v) is 3.03. The number of benzene rings is 2. The van der Waals surface area contributed by atoms with E-state index in [2.05, 4.69) is 16.3 Å². The zero-order valence-electron chi connectivity index (χ0n) is 13.4. The predicted octanol–water partition coefficient (Wildman–Crippen LogP) is 3.23. The third kappa shape index (κ3) is 3.47. The number of phenols is 1. The molecule has 2 aromatic carbocycles. The molecule has 1 heterocycles. The molecule has 0 bridgehead atoms. The second-order valence-corrected chi connectivity index (χ2v) is 6.03. The predicted molar refractivity (Wildman–Crippen MR) is 91.9 cm³/mol. The molecule has 0 spiro atoms. The Balaban J connectivity index is 1.72. The molecule has 0 aromatic heterocycles. The van der Waals surface area contributed by atoms with Gasteiger partial charge in [0.1, 0.15) is 5.75 Å². The van der Waals surface area contributed by atoms with E-state index in [0.29, 0.717) is 12.1 Å². The number of hydrogen-bond donors (Lipinski definition) is 2. The summed E-state index contributed by atoms with van der Waals surface area (Å²) in [6.07, 6.45) is 2.44. The highest BCUT2D eigenvalue weighted by Crippen LogP contribution is 2.25. The monoisotopic (exact) mass is 310 g/mol. The van der Waals surface area contributed by atoms with Gasteiger partial charge in [0.2, 0.25) is 0 Å². The van der Waals surface area contributed by atoms with Gasteiger partial charge >= 0.3 is 0 Å². The summed E-state index contributed by atoms with van der Waals surface area (Å²) in [7, 11) is 0. The van der Waals surface area contributed by atoms with Crippen LogP contribution in [0, 0.1) is 6.92 Å². The van der Waals surface area contributed by atoms with E-state index >= 15 is 0 Å². The number of aryl methyl sites for hydroxylation is 1. The summed E-state index contributed by atoms with van der Waals surface area (Å²) >= 11 is 0. The molecule has 1 aliphatic heterocycles. The van der Waals surface area contributed by atoms with Gasteiger partial charge in [0.05, 0.1) is 5.56 Å². The van der Waals surface area contributed by atoms with Crippen molar-refractivity contribution in [3.05, 3.63) is 59.2 Å². The molecule has 1 saturated heterocycles. The van der Waals surface area contributed by atoms with E-state index in [4.69, 9.17) is 0 Å². The number of anilines is 1. The molecule has 120 valence electrons. The van der Waals surface area contributed by atoms with Crippen molar-refractivity contribution in [1.29, 1.82) is 0 Å². The van der Waals surface area contributed by atoms with Crippen LogP contribution >= 0.6 is 0 Å². The first-order valence-corrected chi connectivity index (χ1v) is 8.06. The molecule has 0 saturated carbocycles. The fraction of sp³-hybridized carbons (Fsp3) is 0.316. The lowest BCUT2D eigenvalue weighted by atomic mass is 10.1. The highest BCUT2D eigenvalue weighted by molar-refractivity contribution is 5.96. The Morgan fingerprint density at radius 2 is 1.91 bits per heavy atom. The van der Waals surface area contributed by atoms with Crippen molar-refractivity contribution < 1.29 is 9.90 Å². The molecule has 1 fully saturated rings. The van der Waals surface area contributed by atoms with Gasteiger partial charge < -0.3 is 15.3 Å². The minimum absolute atomic E-state index is 0.0235. The van der Waals surface area contributed by atoms with Crippen LogP contribution in [0.4, 0.5) is 5.69 Å². The van der Waals surface area contributed by atoms with Crippen LogP contribution in [-0.2, 0) is 6.54 Å². The molecule has 23 heavy (non-hydrogen) atoms. The Morgan fingerprint density at radius 1 is 1.17 bits per heavy atom. The number of aromatic hydroxyl groups is 1. The molecular formula is C19H22N2O2. The van der Waals surface area contributed by atoms with Gasteiger partial charge in [-0.05, 0) is 49.1 Å². The van der Waals surface area contributed by atoms with E-state index < -0.39 is 0 Å². The normalized spacial score (nSPS) is 14.0. The van der Waals surface area contributed by atoms with Crippen molar-refractivity contribution in [3.8, 4) is 5.75 Å². The van der Waals surface area contributed by atoms with Crippen molar-refractivity contribution in [3.63, 3.8) is 0 Å². The lowest BCUT2D eigenvalue weighted by Crippen LogP contribution is -2.25. The number of phenolic OH excluding ortho intramolecular Hbond substituents is 1. The van der Waals surface area contributed by atoms with Crippen molar-refractivity contribution in [2.75, 3.05) is 18.0 Å². The summed E-state index contributed by atoms with van der Waals surface area (Å²) in [5.74, 6) is -0.228. The van der Waals surface area contributed by atoms with Crippen LogP contribution in [-0.4, -0.2) is 24.1 Å². The van der Waals surface area contributed by atoms with E-state index in [1.807, 2.05) is 31.2 Å². The number of nitrogens with one attached hydrogen (secondary N) is 1. The highest BCUT2D eigenvalue weighted by atomic mass is 16.3. The topological polar surface area (TPSA) is 52.6 Å². The largest absolute Gasteiger partial charge is 0.507 e. The number of hydrogen-bond acceptors (Lipinski definition) is 3. The number of para-hydroxylation sites is 1. The third-order valence-electron chi connectivity index (χ3n) is 4.28. The van der Waals surface area contributed by atoms with Gasteiger partial charge in [-0.15, -0.1) is 0 Å². The Bertz CT molecular complexity index is 706. The maximum Gasteiger partial charge on any atom is 0.255 e. The summed E-state index contributed by atoms with van der Waals surface area (Å²) in [5.41, 5.74) is 3.54. The van der Waals surface area contributed by atoms with Crippen LogP contribution in [0.2, 0.25) is 0 Å². The van der Waals surface area contributed by atoms with Crippen LogP contribution in [0.15, 0.2) is 42.5 Å². The summed E-state index contributed by atoms with van der Waals surface area (Å²) < 4.78 is 0. The van der Waals surface area contributed by atoms with Crippen molar-refractivity contribution in [2.24, 2.45) is 0 Å². The molecule has 4 heteroatoms. The first kappa shape index (κ1) is 15.4. The molecule has 4 nitrogen and oxygen atoms in total. The van der Waals surface area contributed by atoms with E-state index in [0.717, 1.165) is 24.2 Å². The van der Waals surface area contributed by atoms with E-state index in [1.165, 1.54) is 18.5 Å². The summed E-state index contributed by atoms with van der Waals surface area (Å²) in [4.78, 5) is 14.7. The number of nitrogens with zero attached hydrogens (tertiary/aromatic N) is 1. The summed E-state index contributed by atoms with van der Waals surface area (Å²) in [6.45, 7) is 4.49. The zero-order chi connectivity index (χ0) is 16.2. The van der Waals surface area contributed by atoms with Gasteiger partial charge in [0.15, 0.2) is 0 Å².